The molecular formula is C104H74BClN6O7. The number of hydrogen-bond acceptors (Lipinski definition) is 13. The van der Waals surface area contributed by atoms with Crippen LogP contribution in [0.25, 0.3) is 210 Å². The molecule has 0 amide bonds. The van der Waals surface area contributed by atoms with Crippen molar-refractivity contribution in [2.45, 2.75) is 51.7 Å². The smallest absolute Gasteiger partial charge is 0.456 e. The summed E-state index contributed by atoms with van der Waals surface area (Å²) in [6.45, 7) is 10.4. The molecule has 2 aliphatic rings. The van der Waals surface area contributed by atoms with Crippen molar-refractivity contribution in [3.8, 4) is 79.2 Å². The molecule has 16 aromatic carbocycles. The van der Waals surface area contributed by atoms with E-state index in [1.54, 1.807) is 0 Å². The van der Waals surface area contributed by atoms with Crippen molar-refractivity contribution in [3.63, 3.8) is 0 Å². The van der Waals surface area contributed by atoms with E-state index in [9.17, 15) is 0 Å². The number of aromatic nitrogens is 6. The third-order valence-corrected chi connectivity index (χ3v) is 23.4. The van der Waals surface area contributed by atoms with Gasteiger partial charge in [-0.2, -0.15) is 9.97 Å². The van der Waals surface area contributed by atoms with Crippen LogP contribution >= 0.6 is 11.6 Å². The van der Waals surface area contributed by atoms with Crippen LogP contribution in [0.2, 0.25) is 5.28 Å². The third-order valence-electron chi connectivity index (χ3n) is 23.2. The Morgan fingerprint density at radius 3 is 1.12 bits per heavy atom. The van der Waals surface area contributed by atoms with Crippen molar-refractivity contribution >= 4 is 155 Å². The summed E-state index contributed by atoms with van der Waals surface area (Å²) in [6.07, 6.45) is 2.56. The normalized spacial score (nSPS) is 13.8. The van der Waals surface area contributed by atoms with E-state index in [0.717, 1.165) is 189 Å². The summed E-state index contributed by atoms with van der Waals surface area (Å²) in [4.78, 5) is 28.6. The van der Waals surface area contributed by atoms with Gasteiger partial charge < -0.3 is 31.7 Å². The van der Waals surface area contributed by atoms with Gasteiger partial charge in [0.15, 0.2) is 29.1 Å². The summed E-state index contributed by atoms with van der Waals surface area (Å²) in [6, 6.07) is 112. The van der Waals surface area contributed by atoms with Crippen LogP contribution in [0.1, 0.15) is 40.5 Å². The fourth-order valence-electron chi connectivity index (χ4n) is 16.6. The van der Waals surface area contributed by atoms with Crippen LogP contribution in [-0.2, 0) is 14.0 Å². The average molecular weight is 1570 g/mol. The Hall–Kier alpha value is -14.0. The van der Waals surface area contributed by atoms with Crippen molar-refractivity contribution in [3.05, 3.63) is 333 Å². The summed E-state index contributed by atoms with van der Waals surface area (Å²) >= 11 is 6.11. The highest BCUT2D eigenvalue weighted by Gasteiger charge is 2.52. The number of halogens is 1. The second-order valence-electron chi connectivity index (χ2n) is 31.3. The van der Waals surface area contributed by atoms with Gasteiger partial charge in [-0.05, 0) is 202 Å². The van der Waals surface area contributed by atoms with Crippen LogP contribution < -0.4 is 5.46 Å². The van der Waals surface area contributed by atoms with E-state index in [4.69, 9.17) is 58.3 Å². The molecule has 0 N–H and O–H groups in total. The zero-order valence-corrected chi connectivity index (χ0v) is 66.3. The number of nitrogens with zero attached hydrogens (tertiary/aromatic N) is 6. The van der Waals surface area contributed by atoms with Crippen LogP contribution in [0.5, 0.6) is 0 Å². The molecule has 8 heterocycles. The van der Waals surface area contributed by atoms with Gasteiger partial charge in [-0.25, -0.2) is 19.9 Å². The first-order valence-corrected chi connectivity index (χ1v) is 40.5. The molecule has 0 saturated carbocycles. The molecule has 2 aliphatic heterocycles. The number of ether oxygens (including phenoxy) is 1. The van der Waals surface area contributed by atoms with E-state index in [1.807, 2.05) is 127 Å². The SMILES string of the molecule is C1CCOC1.CC1(C)OB(c2cc(-c3cccc4oc5ccccc5c34)cc3oc4cc5ccccc5cc4c23)OC1(C)C.Clc1nc(-c2ccccc2)nc(-c2ccc3ccccc3c2)n1.c1ccc(-c2nc(-c3ccc4ccccc4c3)nc(-c3cc(-c4cccc5oc6ccccc6c45)cc4oc5cc6ccccc6cc5c34)n2)cc1. The van der Waals surface area contributed by atoms with Gasteiger partial charge in [0.05, 0.1) is 11.2 Å². The monoisotopic (exact) mass is 1560 g/mol. The van der Waals surface area contributed by atoms with Crippen molar-refractivity contribution in [1.82, 2.24) is 29.9 Å². The van der Waals surface area contributed by atoms with Crippen LogP contribution in [-0.4, -0.2) is 61.4 Å². The Bertz CT molecular complexity index is 7700. The second-order valence-corrected chi connectivity index (χ2v) is 31.6. The highest BCUT2D eigenvalue weighted by atomic mass is 35.5. The van der Waals surface area contributed by atoms with Gasteiger partial charge in [0, 0.05) is 84.1 Å². The molecule has 0 bridgehead atoms. The molecule has 0 spiro atoms. The van der Waals surface area contributed by atoms with E-state index in [-0.39, 0.29) is 5.28 Å². The molecule has 572 valence electrons. The molecule has 24 rings (SSSR count). The Morgan fingerprint density at radius 1 is 0.261 bits per heavy atom. The van der Waals surface area contributed by atoms with Gasteiger partial charge in [-0.1, -0.05) is 249 Å². The highest BCUT2D eigenvalue weighted by Crippen LogP contribution is 2.47. The Morgan fingerprint density at radius 2 is 0.630 bits per heavy atom. The molecule has 0 unspecified atom stereocenters. The lowest BCUT2D eigenvalue weighted by Gasteiger charge is -2.32. The minimum absolute atomic E-state index is 0.196. The fourth-order valence-corrected chi connectivity index (χ4v) is 16.8. The topological polar surface area (TPSA) is 158 Å². The predicted molar refractivity (Wildman–Crippen MR) is 484 cm³/mol. The lowest BCUT2D eigenvalue weighted by Crippen LogP contribution is -2.41. The summed E-state index contributed by atoms with van der Waals surface area (Å²) < 4.78 is 44.0. The summed E-state index contributed by atoms with van der Waals surface area (Å²) in [5.41, 5.74) is 15.4. The summed E-state index contributed by atoms with van der Waals surface area (Å²) in [7, 11) is -0.537. The standard InChI is InChI=1S/C47H27N3O2.C34H27BO4.C19H12ClN3.C4H8O/c1-2-12-29(13-3-1)45-48-46(33-22-21-28-11-4-5-14-30(28)23-33)50-47(49-45)38-25-34(35-18-10-20-40-43(35)36-17-8-9-19-39(36)51-40)27-42-44(38)37-24-31-15-6-7-16-32(31)26-41(37)52-42;1-33(2)34(3,4)39-35(38-33)26-17-22(23-13-9-15-28-31(23)24-12-7-8-14-27(24)36-28)19-30-32(26)25-16-20-10-5-6-11-21(20)18-29(25)37-30;20-19-22-17(14-7-2-1-3-8-14)21-18(23-19)16-11-10-13-6-4-5-9-15(13)12-16;1-2-4-5-3-1/h1-27H;5-19H,1-4H3;1-12H;1-4H2. The van der Waals surface area contributed by atoms with Gasteiger partial charge >= 0.3 is 7.12 Å². The number of fused-ring (bicyclic) bond motifs is 16. The first-order chi connectivity index (χ1) is 58.3. The number of furan rings is 4. The lowest BCUT2D eigenvalue weighted by molar-refractivity contribution is 0.00578. The molecule has 22 aromatic rings. The zero-order valence-electron chi connectivity index (χ0n) is 65.5. The molecule has 0 aliphatic carbocycles. The molecule has 0 radical (unpaired) electrons. The van der Waals surface area contributed by atoms with Crippen molar-refractivity contribution < 1.29 is 31.7 Å². The average Bonchev–Trinajstić information content (AvgIpc) is 1.58. The van der Waals surface area contributed by atoms with Crippen LogP contribution in [0, 0.1) is 0 Å². The molecule has 2 fully saturated rings. The Labute approximate surface area is 689 Å². The van der Waals surface area contributed by atoms with Gasteiger partial charge in [-0.15, -0.1) is 0 Å². The quantitative estimate of drug-likeness (QED) is 0.133. The van der Waals surface area contributed by atoms with Crippen LogP contribution in [0.3, 0.4) is 0 Å². The molecular weight excluding hydrogens is 1490 g/mol. The molecule has 13 nitrogen and oxygen atoms in total. The van der Waals surface area contributed by atoms with Gasteiger partial charge in [0.25, 0.3) is 0 Å². The van der Waals surface area contributed by atoms with Crippen LogP contribution in [0.15, 0.2) is 345 Å². The highest BCUT2D eigenvalue weighted by molar-refractivity contribution is 6.66. The zero-order chi connectivity index (χ0) is 79.9. The maximum absolute atomic E-state index is 6.75. The molecule has 119 heavy (non-hydrogen) atoms. The van der Waals surface area contributed by atoms with Crippen molar-refractivity contribution in [2.24, 2.45) is 0 Å². The summed E-state index contributed by atoms with van der Waals surface area (Å²) in [5.74, 6) is 2.94. The predicted octanol–water partition coefficient (Wildman–Crippen LogP) is 27.1. The number of benzene rings is 16. The Balaban J connectivity index is 0.000000115. The van der Waals surface area contributed by atoms with E-state index < -0.39 is 18.3 Å². The Kier molecular flexibility index (Phi) is 18.3. The maximum atomic E-state index is 6.75. The minimum atomic E-state index is -0.537. The van der Waals surface area contributed by atoms with Crippen LogP contribution in [0.4, 0.5) is 0 Å². The molecule has 15 heteroatoms. The fraction of sp³-hybridized carbons (Fsp3) is 0.0962. The van der Waals surface area contributed by atoms with E-state index in [2.05, 4.69) is 243 Å². The van der Waals surface area contributed by atoms with Gasteiger partial charge in [0.2, 0.25) is 5.28 Å². The molecule has 6 aromatic heterocycles. The second kappa shape index (κ2) is 29.9. The van der Waals surface area contributed by atoms with Gasteiger partial charge in [-0.3, -0.25) is 0 Å². The lowest BCUT2D eigenvalue weighted by atomic mass is 9.75. The van der Waals surface area contributed by atoms with E-state index in [0.29, 0.717) is 29.1 Å². The molecule has 0 atom stereocenters. The van der Waals surface area contributed by atoms with Crippen molar-refractivity contribution in [1.29, 1.82) is 0 Å². The van der Waals surface area contributed by atoms with Crippen molar-refractivity contribution in [2.75, 3.05) is 13.2 Å². The first-order valence-electron chi connectivity index (χ1n) is 40.1. The number of para-hydroxylation sites is 2. The maximum Gasteiger partial charge on any atom is 0.495 e. The summed E-state index contributed by atoms with van der Waals surface area (Å²) in [5, 5.41) is 17.8. The third kappa shape index (κ3) is 13.6. The number of rotatable bonds is 8. The van der Waals surface area contributed by atoms with E-state index >= 15 is 0 Å². The number of hydrogen-bond donors (Lipinski definition) is 0. The van der Waals surface area contributed by atoms with Gasteiger partial charge in [0.1, 0.15) is 44.7 Å². The van der Waals surface area contributed by atoms with E-state index in [1.165, 1.54) is 23.6 Å². The molecule has 2 saturated heterocycles. The minimum Gasteiger partial charge on any atom is -0.456 e. The first kappa shape index (κ1) is 72.7. The largest absolute Gasteiger partial charge is 0.495 e.